The third-order valence-electron chi connectivity index (χ3n) is 2.24. The number of cyclic esters (lactones) is 1. The van der Waals surface area contributed by atoms with E-state index in [0.29, 0.717) is 12.8 Å². The molecule has 0 saturated carbocycles. The molecule has 0 aromatic carbocycles. The monoisotopic (exact) mass is 200 g/mol. The molecule has 0 aliphatic carbocycles. The number of carbonyl (C=O) groups excluding carboxylic acids is 1. The molecule has 14 heavy (non-hydrogen) atoms. The number of aliphatic hydroxyl groups excluding tert-OH is 2. The molecule has 2 N–H and O–H groups in total. The van der Waals surface area contributed by atoms with Gasteiger partial charge in [0.05, 0.1) is 12.2 Å². The molecular formula is C10H16O4. The SMILES string of the molecule is C[C@H]1OC(=O)CC[C@H](O)/C=C/C[C@H]1O. The fourth-order valence-electron chi connectivity index (χ4n) is 1.27. The van der Waals surface area contributed by atoms with Gasteiger partial charge in [-0.1, -0.05) is 12.2 Å². The number of carbonyl (C=O) groups is 1. The van der Waals surface area contributed by atoms with Crippen LogP contribution in [0.2, 0.25) is 0 Å². The first-order valence-electron chi connectivity index (χ1n) is 4.82. The molecule has 0 bridgehead atoms. The van der Waals surface area contributed by atoms with Crippen LogP contribution >= 0.6 is 0 Å². The summed E-state index contributed by atoms with van der Waals surface area (Å²) in [4.78, 5) is 11.1. The molecule has 0 aromatic rings. The van der Waals surface area contributed by atoms with E-state index < -0.39 is 18.3 Å². The summed E-state index contributed by atoms with van der Waals surface area (Å²) >= 11 is 0. The standard InChI is InChI=1S/C10H16O4/c1-7-9(12)4-2-3-8(11)5-6-10(13)14-7/h2-3,7-9,11-12H,4-6H2,1H3/b3-2+/t7-,8-,9-/m1/s1. The largest absolute Gasteiger partial charge is 0.460 e. The first-order valence-corrected chi connectivity index (χ1v) is 4.82. The van der Waals surface area contributed by atoms with E-state index in [1.54, 1.807) is 19.1 Å². The zero-order valence-corrected chi connectivity index (χ0v) is 8.22. The van der Waals surface area contributed by atoms with Gasteiger partial charge in [0, 0.05) is 6.42 Å². The van der Waals surface area contributed by atoms with E-state index >= 15 is 0 Å². The highest BCUT2D eigenvalue weighted by atomic mass is 16.6. The Kier molecular flexibility index (Phi) is 4.10. The lowest BCUT2D eigenvalue weighted by Crippen LogP contribution is -2.29. The molecule has 4 heteroatoms. The zero-order chi connectivity index (χ0) is 10.6. The second kappa shape index (κ2) is 5.12. The smallest absolute Gasteiger partial charge is 0.306 e. The van der Waals surface area contributed by atoms with Crippen LogP contribution in [-0.2, 0) is 9.53 Å². The van der Waals surface area contributed by atoms with Crippen molar-refractivity contribution in [1.29, 1.82) is 0 Å². The zero-order valence-electron chi connectivity index (χ0n) is 8.22. The lowest BCUT2D eigenvalue weighted by molar-refractivity contribution is -0.154. The van der Waals surface area contributed by atoms with Crippen molar-refractivity contribution in [2.45, 2.75) is 44.5 Å². The van der Waals surface area contributed by atoms with Crippen molar-refractivity contribution in [2.75, 3.05) is 0 Å². The predicted molar refractivity (Wildman–Crippen MR) is 50.6 cm³/mol. The maximum atomic E-state index is 11.1. The Morgan fingerprint density at radius 2 is 2.21 bits per heavy atom. The highest BCUT2D eigenvalue weighted by Gasteiger charge is 2.19. The van der Waals surface area contributed by atoms with E-state index in [2.05, 4.69) is 0 Å². The van der Waals surface area contributed by atoms with Crippen molar-refractivity contribution >= 4 is 5.97 Å². The third kappa shape index (κ3) is 3.47. The fraction of sp³-hybridized carbons (Fsp3) is 0.700. The second-order valence-corrected chi connectivity index (χ2v) is 3.53. The van der Waals surface area contributed by atoms with Gasteiger partial charge < -0.3 is 14.9 Å². The Morgan fingerprint density at radius 3 is 2.93 bits per heavy atom. The number of aliphatic hydroxyl groups is 2. The minimum absolute atomic E-state index is 0.183. The highest BCUT2D eigenvalue weighted by Crippen LogP contribution is 2.10. The lowest BCUT2D eigenvalue weighted by atomic mass is 10.1. The van der Waals surface area contributed by atoms with E-state index in [0.717, 1.165) is 0 Å². The number of hydrogen-bond donors (Lipinski definition) is 2. The highest BCUT2D eigenvalue weighted by molar-refractivity contribution is 5.69. The van der Waals surface area contributed by atoms with Crippen molar-refractivity contribution in [1.82, 2.24) is 0 Å². The van der Waals surface area contributed by atoms with Gasteiger partial charge in [-0.25, -0.2) is 0 Å². The van der Waals surface area contributed by atoms with E-state index in [1.165, 1.54) is 0 Å². The molecular weight excluding hydrogens is 184 g/mol. The van der Waals surface area contributed by atoms with Crippen LogP contribution in [0.4, 0.5) is 0 Å². The average molecular weight is 200 g/mol. The molecule has 0 amide bonds. The summed E-state index contributed by atoms with van der Waals surface area (Å²) in [6.07, 6.45) is 2.47. The van der Waals surface area contributed by atoms with E-state index in [4.69, 9.17) is 4.74 Å². The quantitative estimate of drug-likeness (QED) is 0.438. The van der Waals surface area contributed by atoms with Crippen LogP contribution in [0, 0.1) is 0 Å². The van der Waals surface area contributed by atoms with Crippen LogP contribution in [-0.4, -0.2) is 34.5 Å². The van der Waals surface area contributed by atoms with Gasteiger partial charge in [0.1, 0.15) is 6.10 Å². The number of ether oxygens (including phenoxy) is 1. The van der Waals surface area contributed by atoms with Crippen LogP contribution in [0.15, 0.2) is 12.2 Å². The summed E-state index contributed by atoms with van der Waals surface area (Å²) in [5.74, 6) is -0.370. The second-order valence-electron chi connectivity index (χ2n) is 3.53. The summed E-state index contributed by atoms with van der Waals surface area (Å²) < 4.78 is 4.95. The molecule has 1 aliphatic rings. The molecule has 3 atom stereocenters. The Labute approximate surface area is 83.2 Å². The minimum atomic E-state index is -0.694. The first kappa shape index (κ1) is 11.2. The van der Waals surface area contributed by atoms with Crippen molar-refractivity contribution in [2.24, 2.45) is 0 Å². The van der Waals surface area contributed by atoms with Crippen molar-refractivity contribution in [3.63, 3.8) is 0 Å². The normalized spacial score (nSPS) is 37.4. The van der Waals surface area contributed by atoms with Gasteiger partial charge in [-0.15, -0.1) is 0 Å². The van der Waals surface area contributed by atoms with E-state index in [9.17, 15) is 15.0 Å². The molecule has 0 saturated heterocycles. The van der Waals surface area contributed by atoms with Gasteiger partial charge in [0.15, 0.2) is 0 Å². The van der Waals surface area contributed by atoms with Gasteiger partial charge >= 0.3 is 5.97 Å². The number of rotatable bonds is 0. The molecule has 0 aromatic heterocycles. The molecule has 0 spiro atoms. The summed E-state index contributed by atoms with van der Waals surface area (Å²) in [6.45, 7) is 1.66. The van der Waals surface area contributed by atoms with E-state index in [1.807, 2.05) is 0 Å². The fourth-order valence-corrected chi connectivity index (χ4v) is 1.27. The maximum absolute atomic E-state index is 11.1. The van der Waals surface area contributed by atoms with Crippen molar-refractivity contribution in [3.05, 3.63) is 12.2 Å². The third-order valence-corrected chi connectivity index (χ3v) is 2.24. The predicted octanol–water partition coefficient (Wildman–Crippen LogP) is 0.380. The van der Waals surface area contributed by atoms with Crippen molar-refractivity contribution < 1.29 is 19.7 Å². The molecule has 0 unspecified atom stereocenters. The molecule has 1 heterocycles. The van der Waals surface area contributed by atoms with Crippen LogP contribution in [0.1, 0.15) is 26.2 Å². The number of esters is 1. The van der Waals surface area contributed by atoms with Crippen LogP contribution in [0.25, 0.3) is 0 Å². The molecule has 80 valence electrons. The summed E-state index contributed by atoms with van der Waals surface area (Å²) in [5, 5.41) is 18.8. The topological polar surface area (TPSA) is 66.8 Å². The van der Waals surface area contributed by atoms with Gasteiger partial charge in [0.2, 0.25) is 0 Å². The van der Waals surface area contributed by atoms with Gasteiger partial charge in [0.25, 0.3) is 0 Å². The van der Waals surface area contributed by atoms with Gasteiger partial charge in [-0.2, -0.15) is 0 Å². The minimum Gasteiger partial charge on any atom is -0.460 e. The van der Waals surface area contributed by atoms with Gasteiger partial charge in [-0.05, 0) is 19.8 Å². The maximum Gasteiger partial charge on any atom is 0.306 e. The summed E-state index contributed by atoms with van der Waals surface area (Å²) in [7, 11) is 0. The Morgan fingerprint density at radius 1 is 1.50 bits per heavy atom. The molecule has 1 aliphatic heterocycles. The Bertz CT molecular complexity index is 224. The number of hydrogen-bond acceptors (Lipinski definition) is 4. The van der Waals surface area contributed by atoms with Gasteiger partial charge in [-0.3, -0.25) is 4.79 Å². The first-order chi connectivity index (χ1) is 6.59. The van der Waals surface area contributed by atoms with Crippen LogP contribution < -0.4 is 0 Å². The molecule has 0 radical (unpaired) electrons. The van der Waals surface area contributed by atoms with Crippen LogP contribution in [0.3, 0.4) is 0 Å². The van der Waals surface area contributed by atoms with E-state index in [-0.39, 0.29) is 12.4 Å². The van der Waals surface area contributed by atoms with Crippen LogP contribution in [0.5, 0.6) is 0 Å². The average Bonchev–Trinajstić information content (AvgIpc) is 2.13. The Balaban J connectivity index is 2.61. The summed E-state index contributed by atoms with van der Waals surface area (Å²) in [6, 6.07) is 0. The molecule has 0 fully saturated rings. The lowest BCUT2D eigenvalue weighted by Gasteiger charge is -2.19. The Hall–Kier alpha value is -0.870. The molecule has 4 nitrogen and oxygen atoms in total. The van der Waals surface area contributed by atoms with Crippen molar-refractivity contribution in [3.8, 4) is 0 Å². The summed E-state index contributed by atoms with van der Waals surface area (Å²) in [5.41, 5.74) is 0. The molecule has 1 rings (SSSR count).